The van der Waals surface area contributed by atoms with E-state index in [-0.39, 0.29) is 5.56 Å². The summed E-state index contributed by atoms with van der Waals surface area (Å²) >= 11 is 5.21. The molecule has 2 rings (SSSR count). The molecule has 0 aliphatic heterocycles. The molecule has 0 saturated heterocycles. The Morgan fingerprint density at radius 2 is 1.87 bits per heavy atom. The number of ether oxygens (including phenoxy) is 1. The molecule has 0 bridgehead atoms. The standard InChI is InChI=1S/C16H17N3O3S/c1-2-22-14-6-4-3-5-13(14)17-16(23)19-18-12-9-7-11(8-10-12)15(20)21/h3-10,18H,2H2,1H3,(H,20,21)(H2,17,19,23). The minimum absolute atomic E-state index is 0.224. The Kier molecular flexibility index (Phi) is 5.76. The summed E-state index contributed by atoms with van der Waals surface area (Å²) < 4.78 is 5.51. The molecule has 4 N–H and O–H groups in total. The first-order chi connectivity index (χ1) is 11.1. The van der Waals surface area contributed by atoms with Gasteiger partial charge in [0.2, 0.25) is 0 Å². The summed E-state index contributed by atoms with van der Waals surface area (Å²) in [6.45, 7) is 2.47. The molecule has 0 atom stereocenters. The Hall–Kier alpha value is -2.80. The maximum atomic E-state index is 10.8. The van der Waals surface area contributed by atoms with Crippen molar-refractivity contribution in [2.75, 3.05) is 17.3 Å². The number of carbonyl (C=O) groups is 1. The van der Waals surface area contributed by atoms with Gasteiger partial charge in [0.1, 0.15) is 5.75 Å². The highest BCUT2D eigenvalue weighted by Gasteiger charge is 2.05. The predicted molar refractivity (Wildman–Crippen MR) is 94.0 cm³/mol. The van der Waals surface area contributed by atoms with Gasteiger partial charge in [0.05, 0.1) is 23.5 Å². The molecule has 2 aromatic carbocycles. The van der Waals surface area contributed by atoms with Crippen LogP contribution in [0, 0.1) is 0 Å². The zero-order chi connectivity index (χ0) is 16.7. The lowest BCUT2D eigenvalue weighted by molar-refractivity contribution is 0.0697. The lowest BCUT2D eigenvalue weighted by Crippen LogP contribution is -2.33. The molecular formula is C16H17N3O3S. The van der Waals surface area contributed by atoms with Crippen molar-refractivity contribution >= 4 is 34.7 Å². The van der Waals surface area contributed by atoms with Crippen LogP contribution in [0.5, 0.6) is 5.75 Å². The average Bonchev–Trinajstić information content (AvgIpc) is 2.55. The number of carboxylic acids is 1. The third-order valence-corrected chi connectivity index (χ3v) is 3.09. The van der Waals surface area contributed by atoms with E-state index in [1.807, 2.05) is 31.2 Å². The van der Waals surface area contributed by atoms with Gasteiger partial charge in [0.15, 0.2) is 5.11 Å². The van der Waals surface area contributed by atoms with Crippen LogP contribution in [0.15, 0.2) is 48.5 Å². The fraction of sp³-hybridized carbons (Fsp3) is 0.125. The van der Waals surface area contributed by atoms with Crippen molar-refractivity contribution in [1.29, 1.82) is 0 Å². The minimum Gasteiger partial charge on any atom is -0.492 e. The van der Waals surface area contributed by atoms with Crippen LogP contribution in [0.2, 0.25) is 0 Å². The van der Waals surface area contributed by atoms with E-state index in [0.29, 0.717) is 23.2 Å². The van der Waals surface area contributed by atoms with Crippen molar-refractivity contribution in [2.24, 2.45) is 0 Å². The molecule has 0 unspecified atom stereocenters. The number of thiocarbonyl (C=S) groups is 1. The highest BCUT2D eigenvalue weighted by molar-refractivity contribution is 7.80. The van der Waals surface area contributed by atoms with Gasteiger partial charge >= 0.3 is 5.97 Å². The molecular weight excluding hydrogens is 314 g/mol. The van der Waals surface area contributed by atoms with Crippen LogP contribution >= 0.6 is 12.2 Å². The van der Waals surface area contributed by atoms with Gasteiger partial charge in [-0.3, -0.25) is 10.9 Å². The fourth-order valence-corrected chi connectivity index (χ4v) is 1.99. The number of rotatable bonds is 6. The SMILES string of the molecule is CCOc1ccccc1NC(=S)NNc1ccc(C(=O)O)cc1. The van der Waals surface area contributed by atoms with E-state index >= 15 is 0 Å². The number of aromatic carboxylic acids is 1. The van der Waals surface area contributed by atoms with Crippen LogP contribution < -0.4 is 20.9 Å². The summed E-state index contributed by atoms with van der Waals surface area (Å²) in [4.78, 5) is 10.8. The van der Waals surface area contributed by atoms with Gasteiger partial charge in [-0.2, -0.15) is 0 Å². The summed E-state index contributed by atoms with van der Waals surface area (Å²) in [5.74, 6) is -0.251. The molecule has 7 heteroatoms. The van der Waals surface area contributed by atoms with Gasteiger partial charge < -0.3 is 15.2 Å². The molecule has 0 aromatic heterocycles. The van der Waals surface area contributed by atoms with Crippen molar-refractivity contribution < 1.29 is 14.6 Å². The number of hydrogen-bond acceptors (Lipinski definition) is 4. The van der Waals surface area contributed by atoms with E-state index in [1.54, 1.807) is 12.1 Å². The van der Waals surface area contributed by atoms with Crippen LogP contribution in [-0.4, -0.2) is 22.8 Å². The molecule has 2 aromatic rings. The van der Waals surface area contributed by atoms with Crippen LogP contribution in [-0.2, 0) is 0 Å². The van der Waals surface area contributed by atoms with Crippen molar-refractivity contribution in [1.82, 2.24) is 5.43 Å². The molecule has 0 aliphatic rings. The number of nitrogens with one attached hydrogen (secondary N) is 3. The molecule has 0 heterocycles. The van der Waals surface area contributed by atoms with E-state index in [9.17, 15) is 4.79 Å². The predicted octanol–water partition coefficient (Wildman–Crippen LogP) is 3.10. The van der Waals surface area contributed by atoms with E-state index in [1.165, 1.54) is 12.1 Å². The van der Waals surface area contributed by atoms with Crippen LogP contribution in [0.25, 0.3) is 0 Å². The maximum absolute atomic E-state index is 10.8. The summed E-state index contributed by atoms with van der Waals surface area (Å²) in [7, 11) is 0. The van der Waals surface area contributed by atoms with Crippen molar-refractivity contribution in [3.05, 3.63) is 54.1 Å². The van der Waals surface area contributed by atoms with Gasteiger partial charge in [0, 0.05) is 0 Å². The van der Waals surface area contributed by atoms with Gasteiger partial charge in [-0.15, -0.1) is 0 Å². The molecule has 0 saturated carbocycles. The van der Waals surface area contributed by atoms with Crippen LogP contribution in [0.1, 0.15) is 17.3 Å². The second-order valence-electron chi connectivity index (χ2n) is 4.52. The molecule has 120 valence electrons. The number of anilines is 2. The Balaban J connectivity index is 1.91. The van der Waals surface area contributed by atoms with E-state index in [2.05, 4.69) is 16.2 Å². The summed E-state index contributed by atoms with van der Waals surface area (Å²) in [6.07, 6.45) is 0. The summed E-state index contributed by atoms with van der Waals surface area (Å²) in [5, 5.41) is 12.2. The monoisotopic (exact) mass is 331 g/mol. The molecule has 6 nitrogen and oxygen atoms in total. The molecule has 0 amide bonds. The number of para-hydroxylation sites is 2. The maximum Gasteiger partial charge on any atom is 0.335 e. The average molecular weight is 331 g/mol. The van der Waals surface area contributed by atoms with Gasteiger partial charge in [-0.1, -0.05) is 12.1 Å². The zero-order valence-electron chi connectivity index (χ0n) is 12.5. The second kappa shape index (κ2) is 8.00. The first-order valence-corrected chi connectivity index (χ1v) is 7.39. The molecule has 0 aliphatic carbocycles. The molecule has 0 spiro atoms. The van der Waals surface area contributed by atoms with Gasteiger partial charge in [0.25, 0.3) is 0 Å². The fourth-order valence-electron chi connectivity index (χ4n) is 1.83. The molecule has 0 radical (unpaired) electrons. The van der Waals surface area contributed by atoms with Crippen LogP contribution in [0.4, 0.5) is 11.4 Å². The minimum atomic E-state index is -0.964. The Bertz CT molecular complexity index is 689. The largest absolute Gasteiger partial charge is 0.492 e. The first kappa shape index (κ1) is 16.6. The lowest BCUT2D eigenvalue weighted by Gasteiger charge is -2.15. The van der Waals surface area contributed by atoms with Crippen molar-refractivity contribution in [2.45, 2.75) is 6.92 Å². The highest BCUT2D eigenvalue weighted by Crippen LogP contribution is 2.23. The zero-order valence-corrected chi connectivity index (χ0v) is 13.3. The van der Waals surface area contributed by atoms with E-state index in [0.717, 1.165) is 5.69 Å². The quantitative estimate of drug-likeness (QED) is 0.478. The second-order valence-corrected chi connectivity index (χ2v) is 4.92. The van der Waals surface area contributed by atoms with Crippen molar-refractivity contribution in [3.8, 4) is 5.75 Å². The molecule has 0 fully saturated rings. The summed E-state index contributed by atoms with van der Waals surface area (Å²) in [5.41, 5.74) is 7.40. The van der Waals surface area contributed by atoms with E-state index in [4.69, 9.17) is 22.1 Å². The Morgan fingerprint density at radius 3 is 2.52 bits per heavy atom. The number of benzene rings is 2. The van der Waals surface area contributed by atoms with Gasteiger partial charge in [-0.05, 0) is 55.5 Å². The third-order valence-electron chi connectivity index (χ3n) is 2.89. The Labute approximate surface area is 139 Å². The number of carboxylic acid groups (broad SMARTS) is 1. The molecule has 23 heavy (non-hydrogen) atoms. The van der Waals surface area contributed by atoms with Crippen molar-refractivity contribution in [3.63, 3.8) is 0 Å². The summed E-state index contributed by atoms with van der Waals surface area (Å²) in [6, 6.07) is 13.8. The smallest absolute Gasteiger partial charge is 0.335 e. The Morgan fingerprint density at radius 1 is 1.17 bits per heavy atom. The van der Waals surface area contributed by atoms with Crippen LogP contribution in [0.3, 0.4) is 0 Å². The number of hydrogen-bond donors (Lipinski definition) is 4. The first-order valence-electron chi connectivity index (χ1n) is 6.98. The third kappa shape index (κ3) is 4.86. The lowest BCUT2D eigenvalue weighted by atomic mass is 10.2. The normalized spacial score (nSPS) is 9.78. The van der Waals surface area contributed by atoms with Gasteiger partial charge in [-0.25, -0.2) is 4.79 Å². The topological polar surface area (TPSA) is 82.6 Å². The highest BCUT2D eigenvalue weighted by atomic mass is 32.1. The van der Waals surface area contributed by atoms with E-state index < -0.39 is 5.97 Å². The number of hydrazine groups is 1.